The van der Waals surface area contributed by atoms with Crippen LogP contribution in [0.1, 0.15) is 10.4 Å². The van der Waals surface area contributed by atoms with Gasteiger partial charge in [-0.1, -0.05) is 36.4 Å². The van der Waals surface area contributed by atoms with Gasteiger partial charge in [0.2, 0.25) is 0 Å². The van der Waals surface area contributed by atoms with Gasteiger partial charge in [-0.05, 0) is 53.6 Å². The fraction of sp³-hybridized carbons (Fsp3) is 0. The second kappa shape index (κ2) is 9.55. The van der Waals surface area contributed by atoms with Crippen LogP contribution in [0, 0.1) is 5.82 Å². The summed E-state index contributed by atoms with van der Waals surface area (Å²) >= 11 is 0. The van der Waals surface area contributed by atoms with E-state index in [4.69, 9.17) is 4.98 Å². The molecule has 3 aromatic carbocycles. The average Bonchev–Trinajstić information content (AvgIpc) is 3.62. The van der Waals surface area contributed by atoms with Crippen molar-refractivity contribution in [2.24, 2.45) is 0 Å². The molecule has 4 heterocycles. The Balaban J connectivity index is 1.25. The number of hydrogen-bond donors (Lipinski definition) is 3. The summed E-state index contributed by atoms with van der Waals surface area (Å²) in [5.41, 5.74) is 7.48. The highest BCUT2D eigenvalue weighted by Crippen LogP contribution is 2.33. The molecular weight excluding hydrogens is 505 g/mol. The minimum absolute atomic E-state index is 0.202. The first-order valence-electron chi connectivity index (χ1n) is 12.5. The molecule has 0 saturated carbocycles. The van der Waals surface area contributed by atoms with Crippen molar-refractivity contribution < 1.29 is 9.18 Å². The number of nitrogens with one attached hydrogen (secondary N) is 3. The van der Waals surface area contributed by atoms with Gasteiger partial charge >= 0.3 is 0 Å². The average molecular weight is 526 g/mol. The number of pyridine rings is 2. The van der Waals surface area contributed by atoms with Crippen molar-refractivity contribution in [3.05, 3.63) is 115 Å². The maximum Gasteiger partial charge on any atom is 0.255 e. The smallest absolute Gasteiger partial charge is 0.255 e. The number of fused-ring (bicyclic) bond motifs is 2. The summed E-state index contributed by atoms with van der Waals surface area (Å²) in [4.78, 5) is 29.5. The summed E-state index contributed by atoms with van der Waals surface area (Å²) in [7, 11) is 0. The Morgan fingerprint density at radius 1 is 0.775 bits per heavy atom. The molecule has 7 aromatic rings. The maximum absolute atomic E-state index is 13.5. The number of rotatable bonds is 5. The fourth-order valence-electron chi connectivity index (χ4n) is 4.72. The van der Waals surface area contributed by atoms with Gasteiger partial charge in [0, 0.05) is 34.5 Å². The molecule has 8 nitrogen and oxygen atoms in total. The monoisotopic (exact) mass is 525 g/mol. The van der Waals surface area contributed by atoms with Gasteiger partial charge in [0.15, 0.2) is 5.82 Å². The summed E-state index contributed by atoms with van der Waals surface area (Å²) in [5, 5.41) is 11.4. The summed E-state index contributed by atoms with van der Waals surface area (Å²) in [6.07, 6.45) is 6.80. The molecule has 1 amide bonds. The van der Waals surface area contributed by atoms with Gasteiger partial charge in [-0.2, -0.15) is 5.10 Å². The normalized spacial score (nSPS) is 11.2. The number of aromatic amines is 2. The summed E-state index contributed by atoms with van der Waals surface area (Å²) in [5.74, 6) is 0.0768. The first kappa shape index (κ1) is 23.4. The Morgan fingerprint density at radius 2 is 1.57 bits per heavy atom. The third-order valence-electron chi connectivity index (χ3n) is 6.70. The van der Waals surface area contributed by atoms with E-state index in [1.165, 1.54) is 12.1 Å². The molecule has 0 unspecified atom stereocenters. The van der Waals surface area contributed by atoms with Crippen LogP contribution in [-0.2, 0) is 0 Å². The molecule has 0 saturated heterocycles. The van der Waals surface area contributed by atoms with Gasteiger partial charge in [-0.3, -0.25) is 19.9 Å². The van der Waals surface area contributed by atoms with E-state index in [2.05, 4.69) is 30.5 Å². The Hall–Kier alpha value is -5.70. The van der Waals surface area contributed by atoms with Gasteiger partial charge < -0.3 is 10.3 Å². The molecule has 3 N–H and O–H groups in total. The molecule has 192 valence electrons. The highest BCUT2D eigenvalue weighted by molar-refractivity contribution is 6.04. The van der Waals surface area contributed by atoms with E-state index < -0.39 is 0 Å². The Bertz CT molecular complexity index is 2010. The van der Waals surface area contributed by atoms with E-state index in [1.54, 1.807) is 49.1 Å². The van der Waals surface area contributed by atoms with Gasteiger partial charge in [-0.15, -0.1) is 0 Å². The summed E-state index contributed by atoms with van der Waals surface area (Å²) in [6, 6.07) is 23.1. The van der Waals surface area contributed by atoms with Gasteiger partial charge in [0.25, 0.3) is 5.91 Å². The summed E-state index contributed by atoms with van der Waals surface area (Å²) in [6.45, 7) is 0. The molecule has 0 bridgehead atoms. The Labute approximate surface area is 227 Å². The molecule has 0 aliphatic rings. The second-order valence-electron chi connectivity index (χ2n) is 9.29. The lowest BCUT2D eigenvalue weighted by Crippen LogP contribution is -2.11. The SMILES string of the molecule is O=C(Nc1cncc(-c2ccc3[nH]nc(-c4nc5c(-c6ccc(F)cc6)cncc5[nH]4)c3c2)c1)c1ccccc1. The van der Waals surface area contributed by atoms with Crippen LogP contribution in [0.4, 0.5) is 10.1 Å². The first-order valence-corrected chi connectivity index (χ1v) is 12.5. The lowest BCUT2D eigenvalue weighted by molar-refractivity contribution is 0.102. The number of carbonyl (C=O) groups is 1. The van der Waals surface area contributed by atoms with Crippen molar-refractivity contribution >= 4 is 33.5 Å². The maximum atomic E-state index is 13.5. The number of anilines is 1. The highest BCUT2D eigenvalue weighted by atomic mass is 19.1. The van der Waals surface area contributed by atoms with Crippen LogP contribution in [0.2, 0.25) is 0 Å². The molecule has 7 rings (SSSR count). The number of aromatic nitrogens is 6. The Kier molecular flexibility index (Phi) is 5.59. The van der Waals surface area contributed by atoms with Crippen molar-refractivity contribution in [1.82, 2.24) is 30.1 Å². The van der Waals surface area contributed by atoms with Crippen LogP contribution in [0.25, 0.3) is 55.7 Å². The van der Waals surface area contributed by atoms with Crippen molar-refractivity contribution in [3.8, 4) is 33.8 Å². The molecule has 9 heteroatoms. The third kappa shape index (κ3) is 4.25. The Morgan fingerprint density at radius 3 is 2.42 bits per heavy atom. The number of carbonyl (C=O) groups excluding carboxylic acids is 1. The highest BCUT2D eigenvalue weighted by Gasteiger charge is 2.16. The van der Waals surface area contributed by atoms with E-state index in [0.717, 1.165) is 44.2 Å². The second-order valence-corrected chi connectivity index (χ2v) is 9.29. The largest absolute Gasteiger partial charge is 0.335 e. The molecule has 0 aliphatic heterocycles. The van der Waals surface area contributed by atoms with Gasteiger partial charge in [-0.25, -0.2) is 9.37 Å². The zero-order valence-electron chi connectivity index (χ0n) is 20.9. The van der Waals surface area contributed by atoms with Gasteiger partial charge in [0.1, 0.15) is 11.5 Å². The standard InChI is InChI=1S/C31H20FN7O/c32-22-9-6-18(7-10-22)25-16-34-17-27-28(25)37-30(36-27)29-24-13-20(8-11-26(24)38-39-29)21-12-23(15-33-14-21)35-31(40)19-4-2-1-3-5-19/h1-17H,(H,35,40)(H,36,37)(H,38,39). The molecule has 0 spiro atoms. The number of H-pyrrole nitrogens is 2. The van der Waals surface area contributed by atoms with Crippen LogP contribution >= 0.6 is 0 Å². The van der Waals surface area contributed by atoms with E-state index in [0.29, 0.717) is 22.8 Å². The van der Waals surface area contributed by atoms with E-state index in [1.807, 2.05) is 42.5 Å². The van der Waals surface area contributed by atoms with Crippen molar-refractivity contribution in [2.75, 3.05) is 5.32 Å². The lowest BCUT2D eigenvalue weighted by Gasteiger charge is -2.08. The number of benzene rings is 3. The van der Waals surface area contributed by atoms with Crippen LogP contribution in [-0.4, -0.2) is 36.0 Å². The van der Waals surface area contributed by atoms with E-state index in [9.17, 15) is 9.18 Å². The molecule has 0 fully saturated rings. The quantitative estimate of drug-likeness (QED) is 0.234. The summed E-state index contributed by atoms with van der Waals surface area (Å²) < 4.78 is 13.5. The minimum Gasteiger partial charge on any atom is -0.335 e. The van der Waals surface area contributed by atoms with Crippen molar-refractivity contribution in [3.63, 3.8) is 0 Å². The molecular formula is C31H20FN7O. The van der Waals surface area contributed by atoms with Crippen LogP contribution < -0.4 is 5.32 Å². The van der Waals surface area contributed by atoms with E-state index in [-0.39, 0.29) is 11.7 Å². The first-order chi connectivity index (χ1) is 19.6. The topological polar surface area (TPSA) is 112 Å². The number of nitrogens with zero attached hydrogens (tertiary/aromatic N) is 4. The zero-order valence-corrected chi connectivity index (χ0v) is 20.9. The van der Waals surface area contributed by atoms with Crippen LogP contribution in [0.5, 0.6) is 0 Å². The number of hydrogen-bond acceptors (Lipinski definition) is 5. The molecule has 4 aromatic heterocycles. The van der Waals surface area contributed by atoms with Crippen LogP contribution in [0.3, 0.4) is 0 Å². The fourth-order valence-corrected chi connectivity index (χ4v) is 4.72. The minimum atomic E-state index is -0.301. The lowest BCUT2D eigenvalue weighted by atomic mass is 10.0. The third-order valence-corrected chi connectivity index (χ3v) is 6.70. The van der Waals surface area contributed by atoms with Crippen molar-refractivity contribution in [1.29, 1.82) is 0 Å². The molecule has 0 atom stereocenters. The van der Waals surface area contributed by atoms with Crippen molar-refractivity contribution in [2.45, 2.75) is 0 Å². The van der Waals surface area contributed by atoms with Crippen LogP contribution in [0.15, 0.2) is 104 Å². The predicted molar refractivity (Wildman–Crippen MR) is 152 cm³/mol. The zero-order chi connectivity index (χ0) is 27.1. The van der Waals surface area contributed by atoms with E-state index >= 15 is 0 Å². The molecule has 40 heavy (non-hydrogen) atoms. The number of imidazole rings is 1. The predicted octanol–water partition coefficient (Wildman–Crippen LogP) is 6.62. The number of halogens is 1. The molecule has 0 aliphatic carbocycles. The molecule has 0 radical (unpaired) electrons. The number of amides is 1. The van der Waals surface area contributed by atoms with Gasteiger partial charge in [0.05, 0.1) is 34.6 Å².